The highest BCUT2D eigenvalue weighted by Gasteiger charge is 2.31. The van der Waals surface area contributed by atoms with E-state index in [1.54, 1.807) is 4.90 Å². The SMILES string of the molecule is C[C@@H]1CN(c2nc(C(=O)O)cs2)C[C@@H]1F. The molecule has 0 spiro atoms. The molecule has 2 rings (SSSR count). The van der Waals surface area contributed by atoms with E-state index in [2.05, 4.69) is 4.98 Å². The van der Waals surface area contributed by atoms with E-state index in [9.17, 15) is 9.18 Å². The van der Waals surface area contributed by atoms with Crippen LogP contribution >= 0.6 is 11.3 Å². The van der Waals surface area contributed by atoms with Crippen LogP contribution in [0.4, 0.5) is 9.52 Å². The largest absolute Gasteiger partial charge is 0.476 e. The van der Waals surface area contributed by atoms with Gasteiger partial charge < -0.3 is 10.0 Å². The maximum Gasteiger partial charge on any atom is 0.355 e. The number of aromatic nitrogens is 1. The highest BCUT2D eigenvalue weighted by Crippen LogP contribution is 2.28. The molecule has 4 nitrogen and oxygen atoms in total. The van der Waals surface area contributed by atoms with Crippen LogP contribution in [-0.2, 0) is 0 Å². The second-order valence-corrected chi connectivity index (χ2v) is 4.56. The van der Waals surface area contributed by atoms with E-state index >= 15 is 0 Å². The van der Waals surface area contributed by atoms with Crippen molar-refractivity contribution in [3.8, 4) is 0 Å². The summed E-state index contributed by atoms with van der Waals surface area (Å²) in [4.78, 5) is 16.3. The van der Waals surface area contributed by atoms with Crippen LogP contribution in [0.1, 0.15) is 17.4 Å². The number of hydrogen-bond acceptors (Lipinski definition) is 4. The fourth-order valence-electron chi connectivity index (χ4n) is 1.59. The highest BCUT2D eigenvalue weighted by molar-refractivity contribution is 7.13. The van der Waals surface area contributed by atoms with Crippen LogP contribution in [0.2, 0.25) is 0 Å². The molecule has 0 unspecified atom stereocenters. The predicted molar refractivity (Wildman–Crippen MR) is 55.3 cm³/mol. The van der Waals surface area contributed by atoms with Gasteiger partial charge in [-0.25, -0.2) is 14.2 Å². The zero-order chi connectivity index (χ0) is 11.0. The second-order valence-electron chi connectivity index (χ2n) is 3.72. The highest BCUT2D eigenvalue weighted by atomic mass is 32.1. The molecule has 1 N–H and O–H groups in total. The molecule has 1 saturated heterocycles. The molecule has 0 aliphatic carbocycles. The molecule has 1 aromatic rings. The van der Waals surface area contributed by atoms with Crippen LogP contribution < -0.4 is 4.90 Å². The molecule has 1 fully saturated rings. The van der Waals surface area contributed by atoms with Crippen molar-refractivity contribution in [2.45, 2.75) is 13.1 Å². The third-order valence-corrected chi connectivity index (χ3v) is 3.40. The van der Waals surface area contributed by atoms with E-state index < -0.39 is 12.1 Å². The minimum atomic E-state index is -1.04. The Balaban J connectivity index is 2.14. The van der Waals surface area contributed by atoms with Gasteiger partial charge in [-0.3, -0.25) is 0 Å². The Morgan fingerprint density at radius 2 is 2.47 bits per heavy atom. The number of rotatable bonds is 2. The summed E-state index contributed by atoms with van der Waals surface area (Å²) in [5.41, 5.74) is 0.0324. The maximum absolute atomic E-state index is 13.2. The lowest BCUT2D eigenvalue weighted by Gasteiger charge is -2.12. The summed E-state index contributed by atoms with van der Waals surface area (Å²) in [5, 5.41) is 10.8. The van der Waals surface area contributed by atoms with Gasteiger partial charge >= 0.3 is 5.97 Å². The van der Waals surface area contributed by atoms with E-state index in [4.69, 9.17) is 5.11 Å². The molecule has 6 heteroatoms. The first-order valence-electron chi connectivity index (χ1n) is 4.65. The van der Waals surface area contributed by atoms with Crippen LogP contribution in [0.5, 0.6) is 0 Å². The molecule has 0 amide bonds. The lowest BCUT2D eigenvalue weighted by Crippen LogP contribution is -2.19. The fraction of sp³-hybridized carbons (Fsp3) is 0.556. The Labute approximate surface area is 90.4 Å². The zero-order valence-electron chi connectivity index (χ0n) is 8.18. The predicted octanol–water partition coefficient (Wildman–Crippen LogP) is 1.64. The van der Waals surface area contributed by atoms with Crippen molar-refractivity contribution in [2.24, 2.45) is 5.92 Å². The molecule has 15 heavy (non-hydrogen) atoms. The molecule has 1 aromatic heterocycles. The van der Waals surface area contributed by atoms with Crippen LogP contribution in [0.3, 0.4) is 0 Å². The number of halogens is 1. The van der Waals surface area contributed by atoms with E-state index in [1.807, 2.05) is 6.92 Å². The molecule has 2 heterocycles. The monoisotopic (exact) mass is 230 g/mol. The lowest BCUT2D eigenvalue weighted by molar-refractivity contribution is 0.0691. The Kier molecular flexibility index (Phi) is 2.60. The van der Waals surface area contributed by atoms with Gasteiger partial charge in [0, 0.05) is 17.8 Å². The molecular weight excluding hydrogens is 219 g/mol. The number of thiazole rings is 1. The quantitative estimate of drug-likeness (QED) is 0.839. The average Bonchev–Trinajstić information content (AvgIpc) is 2.74. The van der Waals surface area contributed by atoms with Crippen molar-refractivity contribution in [1.82, 2.24) is 4.98 Å². The molecule has 2 atom stereocenters. The third-order valence-electron chi connectivity index (χ3n) is 2.50. The van der Waals surface area contributed by atoms with Gasteiger partial charge in [-0.1, -0.05) is 6.92 Å². The second kappa shape index (κ2) is 3.77. The molecule has 1 aliphatic heterocycles. The summed E-state index contributed by atoms with van der Waals surface area (Å²) in [5.74, 6) is -1.05. The van der Waals surface area contributed by atoms with Crippen LogP contribution in [0, 0.1) is 5.92 Å². The molecule has 0 bridgehead atoms. The number of hydrogen-bond donors (Lipinski definition) is 1. The number of carbonyl (C=O) groups is 1. The van der Waals surface area contributed by atoms with Crippen LogP contribution in [0.25, 0.3) is 0 Å². The number of carboxylic acids is 1. The number of nitrogens with zero attached hydrogens (tertiary/aromatic N) is 2. The summed E-state index contributed by atoms with van der Waals surface area (Å²) in [6, 6.07) is 0. The smallest absolute Gasteiger partial charge is 0.355 e. The lowest BCUT2D eigenvalue weighted by atomic mass is 10.1. The van der Waals surface area contributed by atoms with Crippen molar-refractivity contribution in [3.05, 3.63) is 11.1 Å². The number of carboxylic acid groups (broad SMARTS) is 1. The standard InChI is InChI=1S/C9H11FN2O2S/c1-5-2-12(3-6(5)10)9-11-7(4-15-9)8(13)14/h4-6H,2-3H2,1H3,(H,13,14)/t5-,6+/m1/s1. The first-order valence-corrected chi connectivity index (χ1v) is 5.53. The molecule has 0 radical (unpaired) electrons. The average molecular weight is 230 g/mol. The first kappa shape index (κ1) is 10.4. The summed E-state index contributed by atoms with van der Waals surface area (Å²) in [7, 11) is 0. The molecular formula is C9H11FN2O2S. The summed E-state index contributed by atoms with van der Waals surface area (Å²) < 4.78 is 13.2. The van der Waals surface area contributed by atoms with Gasteiger partial charge in [0.1, 0.15) is 6.17 Å². The molecule has 0 saturated carbocycles. The van der Waals surface area contributed by atoms with E-state index in [1.165, 1.54) is 16.7 Å². The van der Waals surface area contributed by atoms with Crippen molar-refractivity contribution < 1.29 is 14.3 Å². The van der Waals surface area contributed by atoms with Gasteiger partial charge in [-0.05, 0) is 0 Å². The normalized spacial score (nSPS) is 25.9. The Hall–Kier alpha value is -1.17. The Morgan fingerprint density at radius 3 is 2.93 bits per heavy atom. The minimum Gasteiger partial charge on any atom is -0.476 e. The first-order chi connectivity index (χ1) is 7.08. The van der Waals surface area contributed by atoms with Gasteiger partial charge in [0.15, 0.2) is 10.8 Å². The topological polar surface area (TPSA) is 53.4 Å². The van der Waals surface area contributed by atoms with Gasteiger partial charge in [-0.15, -0.1) is 11.3 Å². The molecule has 82 valence electrons. The Morgan fingerprint density at radius 1 is 1.73 bits per heavy atom. The van der Waals surface area contributed by atoms with E-state index in [-0.39, 0.29) is 11.6 Å². The summed E-state index contributed by atoms with van der Waals surface area (Å²) in [6.45, 7) is 2.76. The zero-order valence-corrected chi connectivity index (χ0v) is 9.00. The Bertz CT molecular complexity index is 372. The van der Waals surface area contributed by atoms with Crippen LogP contribution in [0.15, 0.2) is 5.38 Å². The molecule has 0 aromatic carbocycles. The van der Waals surface area contributed by atoms with Crippen molar-refractivity contribution >= 4 is 22.4 Å². The summed E-state index contributed by atoms with van der Waals surface area (Å²) >= 11 is 1.25. The van der Waals surface area contributed by atoms with Gasteiger partial charge in [0.2, 0.25) is 0 Å². The molecule has 1 aliphatic rings. The van der Waals surface area contributed by atoms with Crippen LogP contribution in [-0.4, -0.2) is 35.3 Å². The van der Waals surface area contributed by atoms with Gasteiger partial charge in [0.25, 0.3) is 0 Å². The third kappa shape index (κ3) is 1.94. The van der Waals surface area contributed by atoms with Crippen molar-refractivity contribution in [2.75, 3.05) is 18.0 Å². The maximum atomic E-state index is 13.2. The van der Waals surface area contributed by atoms with Crippen molar-refractivity contribution in [3.63, 3.8) is 0 Å². The van der Waals surface area contributed by atoms with Gasteiger partial charge in [-0.2, -0.15) is 0 Å². The summed E-state index contributed by atoms with van der Waals surface area (Å²) in [6.07, 6.45) is -0.845. The number of aromatic carboxylic acids is 1. The number of alkyl halides is 1. The fourth-order valence-corrected chi connectivity index (χ4v) is 2.41. The minimum absolute atomic E-state index is 0.0119. The van der Waals surface area contributed by atoms with Gasteiger partial charge in [0.05, 0.1) is 6.54 Å². The van der Waals surface area contributed by atoms with Crippen molar-refractivity contribution in [1.29, 1.82) is 0 Å². The van der Waals surface area contributed by atoms with E-state index in [0.29, 0.717) is 18.2 Å². The van der Waals surface area contributed by atoms with E-state index in [0.717, 1.165) is 0 Å². The number of anilines is 1.